The number of para-hydroxylation sites is 1. The molecule has 0 saturated carbocycles. The van der Waals surface area contributed by atoms with Gasteiger partial charge in [0.15, 0.2) is 0 Å². The van der Waals surface area contributed by atoms with Crippen molar-refractivity contribution < 1.29 is 0 Å². The van der Waals surface area contributed by atoms with Gasteiger partial charge in [0.05, 0.1) is 30.3 Å². The van der Waals surface area contributed by atoms with Crippen LogP contribution < -0.4 is 0 Å². The molecule has 0 amide bonds. The van der Waals surface area contributed by atoms with Gasteiger partial charge in [-0.1, -0.05) is 42.5 Å². The van der Waals surface area contributed by atoms with Crippen molar-refractivity contribution in [2.75, 3.05) is 0 Å². The second-order valence-corrected chi connectivity index (χ2v) is 7.12. The minimum atomic E-state index is 0.961. The number of hydrogen-bond donors (Lipinski definition) is 0. The van der Waals surface area contributed by atoms with E-state index in [1.165, 1.54) is 0 Å². The Morgan fingerprint density at radius 2 is 1.07 bits per heavy atom. The predicted octanol–water partition coefficient (Wildman–Crippen LogP) is 5.46. The molecule has 3 aromatic carbocycles. The minimum Gasteiger partial charge on any atom is -0.256 e. The molecule has 0 aliphatic heterocycles. The molecule has 0 aliphatic carbocycles. The van der Waals surface area contributed by atoms with Crippen molar-refractivity contribution in [2.24, 2.45) is 0 Å². The van der Waals surface area contributed by atoms with E-state index in [1.807, 2.05) is 42.9 Å². The van der Waals surface area contributed by atoms with E-state index in [2.05, 4.69) is 56.8 Å². The SMILES string of the molecule is c1ccc2c(c1)ncc1c(-c3ccnnc3)c3ccccc3c(-c3ccnnc3)c12. The molecule has 0 radical (unpaired) electrons. The quantitative estimate of drug-likeness (QED) is 0.293. The zero-order valence-electron chi connectivity index (χ0n) is 15.9. The Balaban J connectivity index is 1.93. The Morgan fingerprint density at radius 1 is 0.467 bits per heavy atom. The van der Waals surface area contributed by atoms with Gasteiger partial charge >= 0.3 is 0 Å². The third kappa shape index (κ3) is 2.46. The van der Waals surface area contributed by atoms with Crippen LogP contribution in [0.25, 0.3) is 54.7 Å². The molecule has 0 saturated heterocycles. The molecule has 3 heterocycles. The first kappa shape index (κ1) is 16.7. The molecule has 0 N–H and O–H groups in total. The van der Waals surface area contributed by atoms with Gasteiger partial charge in [-0.25, -0.2) is 0 Å². The highest BCUT2D eigenvalue weighted by Gasteiger charge is 2.19. The Kier molecular flexibility index (Phi) is 3.71. The van der Waals surface area contributed by atoms with Crippen LogP contribution in [0.2, 0.25) is 0 Å². The Hall–Kier alpha value is -4.25. The van der Waals surface area contributed by atoms with Crippen LogP contribution in [0.4, 0.5) is 0 Å². The van der Waals surface area contributed by atoms with Crippen molar-refractivity contribution in [2.45, 2.75) is 0 Å². The molecule has 0 unspecified atom stereocenters. The van der Waals surface area contributed by atoms with Crippen LogP contribution in [0, 0.1) is 0 Å². The molecule has 0 bridgehead atoms. The molecule has 6 aromatic rings. The number of hydrogen-bond acceptors (Lipinski definition) is 5. The van der Waals surface area contributed by atoms with Crippen LogP contribution in [0.3, 0.4) is 0 Å². The van der Waals surface area contributed by atoms with Crippen LogP contribution >= 0.6 is 0 Å². The molecule has 0 atom stereocenters. The van der Waals surface area contributed by atoms with Crippen molar-refractivity contribution >= 4 is 32.4 Å². The van der Waals surface area contributed by atoms with Gasteiger partial charge in [0, 0.05) is 39.0 Å². The number of fused-ring (bicyclic) bond motifs is 4. The standard InChI is InChI=1S/C25H15N5/c1-2-6-19-18(5-1)23(16-9-11-27-29-13-16)21-15-26-22-8-4-3-7-20(22)25(21)24(19)17-10-12-28-30-14-17/h1-15H. The van der Waals surface area contributed by atoms with Gasteiger partial charge in [0.2, 0.25) is 0 Å². The highest BCUT2D eigenvalue weighted by molar-refractivity contribution is 6.27. The average molecular weight is 385 g/mol. The van der Waals surface area contributed by atoms with Crippen LogP contribution in [0.15, 0.2) is 91.6 Å². The van der Waals surface area contributed by atoms with Crippen LogP contribution in [-0.4, -0.2) is 25.4 Å². The molecule has 5 heteroatoms. The van der Waals surface area contributed by atoms with E-state index in [1.54, 1.807) is 12.4 Å². The Morgan fingerprint density at radius 3 is 1.73 bits per heavy atom. The largest absolute Gasteiger partial charge is 0.256 e. The molecule has 0 fully saturated rings. The zero-order valence-corrected chi connectivity index (χ0v) is 15.9. The van der Waals surface area contributed by atoms with Crippen molar-refractivity contribution in [3.05, 3.63) is 91.6 Å². The normalized spacial score (nSPS) is 11.3. The third-order valence-corrected chi connectivity index (χ3v) is 5.51. The average Bonchev–Trinajstić information content (AvgIpc) is 2.83. The molecule has 5 nitrogen and oxygen atoms in total. The predicted molar refractivity (Wildman–Crippen MR) is 119 cm³/mol. The second-order valence-electron chi connectivity index (χ2n) is 7.12. The van der Waals surface area contributed by atoms with E-state index in [-0.39, 0.29) is 0 Å². The molecule has 30 heavy (non-hydrogen) atoms. The zero-order chi connectivity index (χ0) is 19.9. The van der Waals surface area contributed by atoms with Gasteiger partial charge in [-0.05, 0) is 34.5 Å². The molecule has 3 aromatic heterocycles. The van der Waals surface area contributed by atoms with Gasteiger partial charge in [-0.3, -0.25) is 4.98 Å². The number of nitrogens with zero attached hydrogens (tertiary/aromatic N) is 5. The van der Waals surface area contributed by atoms with Crippen molar-refractivity contribution in [1.82, 2.24) is 25.4 Å². The summed E-state index contributed by atoms with van der Waals surface area (Å²) in [5, 5.41) is 21.9. The summed E-state index contributed by atoms with van der Waals surface area (Å²) in [4.78, 5) is 4.77. The van der Waals surface area contributed by atoms with Crippen LogP contribution in [0.5, 0.6) is 0 Å². The van der Waals surface area contributed by atoms with Crippen LogP contribution in [0.1, 0.15) is 0 Å². The lowest BCUT2D eigenvalue weighted by molar-refractivity contribution is 1.03. The number of pyridine rings is 1. The van der Waals surface area contributed by atoms with Crippen LogP contribution in [-0.2, 0) is 0 Å². The summed E-state index contributed by atoms with van der Waals surface area (Å²) in [5.74, 6) is 0. The summed E-state index contributed by atoms with van der Waals surface area (Å²) < 4.78 is 0. The Labute approximate surface area is 172 Å². The summed E-state index contributed by atoms with van der Waals surface area (Å²) in [7, 11) is 0. The number of aromatic nitrogens is 5. The van der Waals surface area contributed by atoms with Gasteiger partial charge in [-0.2, -0.15) is 20.4 Å². The fourth-order valence-electron chi connectivity index (χ4n) is 4.29. The second kappa shape index (κ2) is 6.67. The van der Waals surface area contributed by atoms with Gasteiger partial charge in [0.25, 0.3) is 0 Å². The lowest BCUT2D eigenvalue weighted by Gasteiger charge is -2.18. The van der Waals surface area contributed by atoms with Gasteiger partial charge in [-0.15, -0.1) is 0 Å². The fourth-order valence-corrected chi connectivity index (χ4v) is 4.29. The summed E-state index contributed by atoms with van der Waals surface area (Å²) in [6, 6.07) is 20.7. The highest BCUT2D eigenvalue weighted by atomic mass is 15.1. The molecular weight excluding hydrogens is 370 g/mol. The lowest BCUT2D eigenvalue weighted by atomic mass is 9.86. The van der Waals surface area contributed by atoms with Crippen molar-refractivity contribution in [1.29, 1.82) is 0 Å². The first-order valence-corrected chi connectivity index (χ1v) is 9.68. The van der Waals surface area contributed by atoms with E-state index in [0.717, 1.165) is 54.7 Å². The minimum absolute atomic E-state index is 0.961. The van der Waals surface area contributed by atoms with E-state index < -0.39 is 0 Å². The van der Waals surface area contributed by atoms with Gasteiger partial charge in [0.1, 0.15) is 0 Å². The molecular formula is C25H15N5. The topological polar surface area (TPSA) is 64.5 Å². The Bertz CT molecular complexity index is 1530. The maximum Gasteiger partial charge on any atom is 0.0708 e. The lowest BCUT2D eigenvalue weighted by Crippen LogP contribution is -1.94. The fraction of sp³-hybridized carbons (Fsp3) is 0. The maximum absolute atomic E-state index is 4.77. The summed E-state index contributed by atoms with van der Waals surface area (Å²) >= 11 is 0. The first-order chi connectivity index (χ1) is 14.9. The summed E-state index contributed by atoms with van der Waals surface area (Å²) in [6.45, 7) is 0. The summed E-state index contributed by atoms with van der Waals surface area (Å²) in [6.07, 6.45) is 9.07. The number of benzene rings is 3. The molecule has 140 valence electrons. The van der Waals surface area contributed by atoms with E-state index in [9.17, 15) is 0 Å². The van der Waals surface area contributed by atoms with Crippen molar-refractivity contribution in [3.8, 4) is 22.3 Å². The van der Waals surface area contributed by atoms with E-state index in [4.69, 9.17) is 4.98 Å². The monoisotopic (exact) mass is 385 g/mol. The number of rotatable bonds is 2. The molecule has 6 rings (SSSR count). The molecule has 0 aliphatic rings. The van der Waals surface area contributed by atoms with Crippen molar-refractivity contribution in [3.63, 3.8) is 0 Å². The smallest absolute Gasteiger partial charge is 0.0708 e. The first-order valence-electron chi connectivity index (χ1n) is 9.68. The third-order valence-electron chi connectivity index (χ3n) is 5.51. The summed E-state index contributed by atoms with van der Waals surface area (Å²) in [5.41, 5.74) is 5.26. The molecule has 0 spiro atoms. The van der Waals surface area contributed by atoms with E-state index in [0.29, 0.717) is 0 Å². The van der Waals surface area contributed by atoms with Gasteiger partial charge < -0.3 is 0 Å². The maximum atomic E-state index is 4.77. The highest BCUT2D eigenvalue weighted by Crippen LogP contribution is 2.45. The van der Waals surface area contributed by atoms with E-state index >= 15 is 0 Å².